The lowest BCUT2D eigenvalue weighted by Crippen LogP contribution is -2.00. The Morgan fingerprint density at radius 1 is 1.50 bits per heavy atom. The summed E-state index contributed by atoms with van der Waals surface area (Å²) < 4.78 is 5.50. The first-order chi connectivity index (χ1) is 7.72. The molecular weight excluding hydrogens is 198 g/mol. The molecule has 1 aromatic rings. The van der Waals surface area contributed by atoms with Crippen LogP contribution >= 0.6 is 0 Å². The summed E-state index contributed by atoms with van der Waals surface area (Å²) in [6.07, 6.45) is 1.85. The third kappa shape index (κ3) is 1.91. The Hall–Kier alpha value is -1.83. The van der Waals surface area contributed by atoms with E-state index in [4.69, 9.17) is 4.74 Å². The molecule has 1 unspecified atom stereocenters. The van der Waals surface area contributed by atoms with Crippen LogP contribution in [0.25, 0.3) is 6.08 Å². The van der Waals surface area contributed by atoms with Crippen molar-refractivity contribution in [2.75, 3.05) is 6.61 Å². The van der Waals surface area contributed by atoms with Crippen molar-refractivity contribution in [1.82, 2.24) is 0 Å². The monoisotopic (exact) mass is 213 g/mol. The van der Waals surface area contributed by atoms with Crippen LogP contribution in [0, 0.1) is 0 Å². The third-order valence-corrected chi connectivity index (χ3v) is 2.59. The minimum atomic E-state index is 0.0703. The number of benzene rings is 1. The Bertz CT molecular complexity index is 460. The second kappa shape index (κ2) is 4.35. The van der Waals surface area contributed by atoms with Crippen LogP contribution in [0.15, 0.2) is 48.0 Å². The van der Waals surface area contributed by atoms with Gasteiger partial charge < -0.3 is 4.74 Å². The van der Waals surface area contributed by atoms with Crippen LogP contribution in [0.3, 0.4) is 0 Å². The Labute approximate surface area is 96.0 Å². The highest BCUT2D eigenvalue weighted by Gasteiger charge is 2.22. The van der Waals surface area contributed by atoms with Gasteiger partial charge in [-0.05, 0) is 18.1 Å². The summed E-state index contributed by atoms with van der Waals surface area (Å²) in [4.78, 5) is 4.51. The number of aliphatic imine (C=N–C) groups is 1. The lowest BCUT2D eigenvalue weighted by Gasteiger charge is -2.08. The molecule has 1 aliphatic heterocycles. The molecule has 0 N–H and O–H groups in total. The van der Waals surface area contributed by atoms with E-state index in [0.29, 0.717) is 12.5 Å². The molecule has 1 aliphatic rings. The summed E-state index contributed by atoms with van der Waals surface area (Å²) >= 11 is 0. The largest absolute Gasteiger partial charge is 0.475 e. The van der Waals surface area contributed by atoms with Gasteiger partial charge >= 0.3 is 0 Å². The zero-order chi connectivity index (χ0) is 11.5. The molecule has 82 valence electrons. The van der Waals surface area contributed by atoms with Gasteiger partial charge in [-0.2, -0.15) is 0 Å². The maximum absolute atomic E-state index is 5.50. The summed E-state index contributed by atoms with van der Waals surface area (Å²) in [6.45, 7) is 10.1. The second-order valence-electron chi connectivity index (χ2n) is 3.87. The van der Waals surface area contributed by atoms with Crippen molar-refractivity contribution in [3.63, 3.8) is 0 Å². The van der Waals surface area contributed by atoms with E-state index in [-0.39, 0.29) is 6.04 Å². The fraction of sp³-hybridized carbons (Fsp3) is 0.214. The molecule has 2 heteroatoms. The molecule has 0 aliphatic carbocycles. The van der Waals surface area contributed by atoms with E-state index >= 15 is 0 Å². The van der Waals surface area contributed by atoms with E-state index in [1.807, 2.05) is 31.2 Å². The molecule has 0 amide bonds. The number of nitrogens with zero attached hydrogens (tertiary/aromatic N) is 1. The van der Waals surface area contributed by atoms with Crippen LogP contribution in [0.5, 0.6) is 0 Å². The molecule has 1 heterocycles. The van der Waals surface area contributed by atoms with E-state index in [2.05, 4.69) is 24.2 Å². The average Bonchev–Trinajstić information content (AvgIpc) is 2.78. The lowest BCUT2D eigenvalue weighted by molar-refractivity contribution is 0.319. The molecule has 0 saturated carbocycles. The summed E-state index contributed by atoms with van der Waals surface area (Å²) in [5, 5.41) is 0. The molecular formula is C14H15NO. The van der Waals surface area contributed by atoms with Gasteiger partial charge in [-0.15, -0.1) is 0 Å². The van der Waals surface area contributed by atoms with Crippen molar-refractivity contribution in [2.45, 2.75) is 13.0 Å². The summed E-state index contributed by atoms with van der Waals surface area (Å²) in [6, 6.07) is 8.18. The summed E-state index contributed by atoms with van der Waals surface area (Å²) in [5.74, 6) is 0.670. The first-order valence-electron chi connectivity index (χ1n) is 5.30. The molecule has 0 aromatic heterocycles. The maximum atomic E-state index is 5.50. The van der Waals surface area contributed by atoms with E-state index in [0.717, 1.165) is 16.7 Å². The second-order valence-corrected chi connectivity index (χ2v) is 3.87. The van der Waals surface area contributed by atoms with Gasteiger partial charge in [-0.1, -0.05) is 43.5 Å². The zero-order valence-corrected chi connectivity index (χ0v) is 9.44. The number of hydrogen-bond acceptors (Lipinski definition) is 2. The van der Waals surface area contributed by atoms with E-state index in [1.165, 1.54) is 0 Å². The van der Waals surface area contributed by atoms with Gasteiger partial charge in [0.2, 0.25) is 5.90 Å². The van der Waals surface area contributed by atoms with E-state index < -0.39 is 0 Å². The quantitative estimate of drug-likeness (QED) is 0.754. The molecule has 2 nitrogen and oxygen atoms in total. The summed E-state index contributed by atoms with van der Waals surface area (Å²) in [7, 11) is 0. The van der Waals surface area contributed by atoms with Gasteiger partial charge in [-0.3, -0.25) is 0 Å². The molecule has 0 saturated heterocycles. The van der Waals surface area contributed by atoms with Crippen LogP contribution in [0.2, 0.25) is 0 Å². The molecule has 1 aromatic carbocycles. The van der Waals surface area contributed by atoms with Gasteiger partial charge in [0.15, 0.2) is 0 Å². The van der Waals surface area contributed by atoms with Crippen LogP contribution in [0.4, 0.5) is 0 Å². The Morgan fingerprint density at radius 2 is 2.25 bits per heavy atom. The lowest BCUT2D eigenvalue weighted by atomic mass is 10.0. The smallest absolute Gasteiger partial charge is 0.211 e. The highest BCUT2D eigenvalue weighted by molar-refractivity contribution is 5.93. The first-order valence-corrected chi connectivity index (χ1v) is 5.30. The van der Waals surface area contributed by atoms with Gasteiger partial charge in [0.1, 0.15) is 12.6 Å². The van der Waals surface area contributed by atoms with Crippen molar-refractivity contribution in [1.29, 1.82) is 0 Å². The molecule has 1 atom stereocenters. The van der Waals surface area contributed by atoms with Crippen molar-refractivity contribution in [3.05, 3.63) is 54.1 Å². The summed E-state index contributed by atoms with van der Waals surface area (Å²) in [5.41, 5.74) is 3.15. The van der Waals surface area contributed by atoms with Crippen molar-refractivity contribution in [2.24, 2.45) is 4.99 Å². The Kier molecular flexibility index (Phi) is 2.91. The molecule has 16 heavy (non-hydrogen) atoms. The van der Waals surface area contributed by atoms with E-state index in [1.54, 1.807) is 0 Å². The zero-order valence-electron chi connectivity index (χ0n) is 9.44. The van der Waals surface area contributed by atoms with Crippen LogP contribution in [-0.2, 0) is 4.74 Å². The van der Waals surface area contributed by atoms with Crippen LogP contribution in [-0.4, -0.2) is 12.5 Å². The minimum Gasteiger partial charge on any atom is -0.475 e. The SMILES string of the molecule is C=Cc1ccccc1C1COC(C(=C)C)=N1. The van der Waals surface area contributed by atoms with Gasteiger partial charge in [0.05, 0.1) is 0 Å². The maximum Gasteiger partial charge on any atom is 0.211 e. The first kappa shape index (κ1) is 10.7. The predicted molar refractivity (Wildman–Crippen MR) is 67.5 cm³/mol. The highest BCUT2D eigenvalue weighted by Crippen LogP contribution is 2.27. The van der Waals surface area contributed by atoms with Crippen molar-refractivity contribution < 1.29 is 4.74 Å². The van der Waals surface area contributed by atoms with Gasteiger partial charge in [0, 0.05) is 5.57 Å². The highest BCUT2D eigenvalue weighted by atomic mass is 16.5. The van der Waals surface area contributed by atoms with Crippen LogP contribution < -0.4 is 0 Å². The van der Waals surface area contributed by atoms with Crippen LogP contribution in [0.1, 0.15) is 24.1 Å². The molecule has 2 rings (SSSR count). The van der Waals surface area contributed by atoms with E-state index in [9.17, 15) is 0 Å². The topological polar surface area (TPSA) is 21.6 Å². The Balaban J connectivity index is 2.33. The number of ether oxygens (including phenoxy) is 1. The Morgan fingerprint density at radius 3 is 2.88 bits per heavy atom. The van der Waals surface area contributed by atoms with Gasteiger partial charge in [0.25, 0.3) is 0 Å². The standard InChI is InChI=1S/C14H15NO/c1-4-11-7-5-6-8-12(11)13-9-16-14(15-13)10(2)3/h4-8,13H,1-2,9H2,3H3. The number of rotatable bonds is 3. The molecule has 0 bridgehead atoms. The fourth-order valence-corrected chi connectivity index (χ4v) is 1.77. The fourth-order valence-electron chi connectivity index (χ4n) is 1.77. The molecule has 0 fully saturated rings. The molecule has 0 radical (unpaired) electrons. The van der Waals surface area contributed by atoms with Crippen molar-refractivity contribution >= 4 is 12.0 Å². The number of hydrogen-bond donors (Lipinski definition) is 0. The molecule has 0 spiro atoms. The predicted octanol–water partition coefficient (Wildman–Crippen LogP) is 3.38. The minimum absolute atomic E-state index is 0.0703. The average molecular weight is 213 g/mol. The van der Waals surface area contributed by atoms with Crippen molar-refractivity contribution in [3.8, 4) is 0 Å². The normalized spacial score (nSPS) is 18.8. The third-order valence-electron chi connectivity index (χ3n) is 2.59. The van der Waals surface area contributed by atoms with Gasteiger partial charge in [-0.25, -0.2) is 4.99 Å².